The molecule has 0 fully saturated rings. The van der Waals surface area contributed by atoms with E-state index in [4.69, 9.17) is 9.97 Å². The molecule has 0 spiro atoms. The number of fused-ring (bicyclic) bond motifs is 8. The van der Waals surface area contributed by atoms with Gasteiger partial charge < -0.3 is 0 Å². The third kappa shape index (κ3) is 3.62. The summed E-state index contributed by atoms with van der Waals surface area (Å²) in [6.45, 7) is 4.67. The molecule has 3 heteroatoms. The molecule has 0 saturated carbocycles. The van der Waals surface area contributed by atoms with Crippen LogP contribution in [0.5, 0.6) is 0 Å². The Kier molecular flexibility index (Phi) is 5.37. The minimum absolute atomic E-state index is 0.0119. The van der Waals surface area contributed by atoms with Crippen LogP contribution in [-0.2, 0) is 11.8 Å². The minimum Gasteiger partial charge on any atom is -0.278 e. The Morgan fingerprint density at radius 1 is 0.682 bits per heavy atom. The van der Waals surface area contributed by atoms with Crippen molar-refractivity contribution in [1.29, 1.82) is 0 Å². The molecule has 3 nitrogen and oxygen atoms in total. The van der Waals surface area contributed by atoms with Crippen LogP contribution in [0.25, 0.3) is 67.3 Å². The number of hydrogen-bond donors (Lipinski definition) is 0. The van der Waals surface area contributed by atoms with Gasteiger partial charge in [0.25, 0.3) is 0 Å². The van der Waals surface area contributed by atoms with Gasteiger partial charge in [0.05, 0.1) is 16.7 Å². The third-order valence-electron chi connectivity index (χ3n) is 9.78. The van der Waals surface area contributed by atoms with Crippen LogP contribution in [0.1, 0.15) is 42.5 Å². The van der Waals surface area contributed by atoms with Gasteiger partial charge in [0, 0.05) is 27.9 Å². The number of aryl methyl sites for hydroxylation is 1. The molecule has 0 N–H and O–H groups in total. The lowest BCUT2D eigenvalue weighted by Crippen LogP contribution is -2.14. The van der Waals surface area contributed by atoms with E-state index < -0.39 is 0 Å². The second-order valence-electron chi connectivity index (χ2n) is 12.6. The van der Waals surface area contributed by atoms with Crippen LogP contribution in [0.3, 0.4) is 0 Å². The largest absolute Gasteiger partial charge is 0.278 e. The Balaban J connectivity index is 1.10. The highest BCUT2D eigenvalue weighted by Gasteiger charge is 2.35. The Labute approximate surface area is 257 Å². The van der Waals surface area contributed by atoms with Gasteiger partial charge in [-0.15, -0.1) is 0 Å². The maximum absolute atomic E-state index is 5.13. The number of rotatable bonds is 3. The van der Waals surface area contributed by atoms with Gasteiger partial charge in [-0.1, -0.05) is 111 Å². The van der Waals surface area contributed by atoms with Gasteiger partial charge in [0.2, 0.25) is 5.95 Å². The summed E-state index contributed by atoms with van der Waals surface area (Å²) in [5, 5.41) is 2.58. The number of hydrogen-bond acceptors (Lipinski definition) is 2. The zero-order valence-electron chi connectivity index (χ0n) is 24.9. The molecule has 0 amide bonds. The van der Waals surface area contributed by atoms with Crippen molar-refractivity contribution in [2.75, 3.05) is 0 Å². The smallest absolute Gasteiger partial charge is 0.235 e. The highest BCUT2D eigenvalue weighted by Crippen LogP contribution is 2.49. The Hall–Kier alpha value is -5.28. The zero-order valence-corrected chi connectivity index (χ0v) is 24.9. The van der Waals surface area contributed by atoms with Crippen LogP contribution in [0.2, 0.25) is 0 Å². The van der Waals surface area contributed by atoms with E-state index in [2.05, 4.69) is 134 Å². The first-order valence-corrected chi connectivity index (χ1v) is 15.5. The lowest BCUT2D eigenvalue weighted by molar-refractivity contribution is 0.660. The summed E-state index contributed by atoms with van der Waals surface area (Å²) in [6.07, 6.45) is 8.54. The Morgan fingerprint density at radius 2 is 1.45 bits per heavy atom. The second kappa shape index (κ2) is 9.36. The zero-order chi connectivity index (χ0) is 29.4. The van der Waals surface area contributed by atoms with E-state index in [0.717, 1.165) is 35.1 Å². The van der Waals surface area contributed by atoms with E-state index >= 15 is 0 Å². The molecule has 2 heterocycles. The summed E-state index contributed by atoms with van der Waals surface area (Å²) in [4.78, 5) is 9.91. The number of aromatic nitrogens is 3. The summed E-state index contributed by atoms with van der Waals surface area (Å²) in [7, 11) is 0. The summed E-state index contributed by atoms with van der Waals surface area (Å²) in [6, 6.07) is 39.7. The molecule has 2 aliphatic rings. The molecule has 0 radical (unpaired) electrons. The van der Waals surface area contributed by atoms with E-state index in [1.54, 1.807) is 0 Å². The van der Waals surface area contributed by atoms with Gasteiger partial charge in [-0.05, 0) is 81.6 Å². The lowest BCUT2D eigenvalue weighted by Gasteiger charge is -2.22. The Morgan fingerprint density at radius 3 is 2.36 bits per heavy atom. The molecule has 0 unspecified atom stereocenters. The number of allylic oxidation sites excluding steroid dienone is 1. The number of para-hydroxylation sites is 1. The standard InChI is InChI=1S/C41H31N3/c1-41(2)34-13-7-5-11-31(34)32-21-19-29(25-35(32)41)26-15-17-28(18-16-26)36-23-24-42-40(43-36)44-37-14-8-6-12-33(37)39-30-10-4-3-9-27(30)20-22-38(39)44/h3,5-9,11-25H,4,10H2,1-2H3. The number of nitrogens with zero attached hydrogens (tertiary/aromatic N) is 3. The number of benzene rings is 5. The van der Waals surface area contributed by atoms with Crippen LogP contribution in [0.4, 0.5) is 0 Å². The molecule has 0 atom stereocenters. The third-order valence-corrected chi connectivity index (χ3v) is 9.78. The van der Waals surface area contributed by atoms with E-state index in [-0.39, 0.29) is 5.41 Å². The van der Waals surface area contributed by atoms with Crippen molar-refractivity contribution in [2.24, 2.45) is 0 Å². The average molecular weight is 566 g/mol. The van der Waals surface area contributed by atoms with Crippen molar-refractivity contribution in [1.82, 2.24) is 14.5 Å². The average Bonchev–Trinajstić information content (AvgIpc) is 3.54. The van der Waals surface area contributed by atoms with Crippen LogP contribution < -0.4 is 0 Å². The fourth-order valence-corrected chi connectivity index (χ4v) is 7.56. The predicted molar refractivity (Wildman–Crippen MR) is 182 cm³/mol. The topological polar surface area (TPSA) is 30.7 Å². The van der Waals surface area contributed by atoms with Crippen molar-refractivity contribution < 1.29 is 0 Å². The quantitative estimate of drug-likeness (QED) is 0.213. The molecule has 210 valence electrons. The van der Waals surface area contributed by atoms with Crippen LogP contribution in [0, 0.1) is 0 Å². The molecule has 44 heavy (non-hydrogen) atoms. The van der Waals surface area contributed by atoms with Crippen molar-refractivity contribution in [2.45, 2.75) is 32.1 Å². The van der Waals surface area contributed by atoms with E-state index in [1.165, 1.54) is 55.3 Å². The molecular weight excluding hydrogens is 534 g/mol. The SMILES string of the molecule is CC1(C)c2ccccc2-c2ccc(-c3ccc(-c4ccnc(-n5c6ccccc6c6c7c(ccc65)C=CCC7)n4)cc3)cc21. The fourth-order valence-electron chi connectivity index (χ4n) is 7.56. The molecular formula is C41H31N3. The van der Waals surface area contributed by atoms with E-state index in [1.807, 2.05) is 12.3 Å². The minimum atomic E-state index is -0.0119. The summed E-state index contributed by atoms with van der Waals surface area (Å²) in [5.74, 6) is 0.699. The summed E-state index contributed by atoms with van der Waals surface area (Å²) < 4.78 is 2.23. The van der Waals surface area contributed by atoms with Gasteiger partial charge in [0.1, 0.15) is 0 Å². The maximum atomic E-state index is 5.13. The molecule has 2 aliphatic carbocycles. The first-order chi connectivity index (χ1) is 21.6. The molecule has 7 aromatic rings. The second-order valence-corrected chi connectivity index (χ2v) is 12.6. The predicted octanol–water partition coefficient (Wildman–Crippen LogP) is 10.2. The van der Waals surface area contributed by atoms with Gasteiger partial charge >= 0.3 is 0 Å². The van der Waals surface area contributed by atoms with Crippen LogP contribution in [-0.4, -0.2) is 14.5 Å². The monoisotopic (exact) mass is 565 g/mol. The van der Waals surface area contributed by atoms with Gasteiger partial charge in [-0.3, -0.25) is 4.57 Å². The Bertz CT molecular complexity index is 2300. The normalized spacial score (nSPS) is 14.5. The molecule has 2 aromatic heterocycles. The lowest BCUT2D eigenvalue weighted by atomic mass is 9.81. The summed E-state index contributed by atoms with van der Waals surface area (Å²) in [5.41, 5.74) is 15.0. The maximum Gasteiger partial charge on any atom is 0.235 e. The van der Waals surface area contributed by atoms with Crippen molar-refractivity contribution in [3.63, 3.8) is 0 Å². The van der Waals surface area contributed by atoms with Crippen molar-refractivity contribution in [3.8, 4) is 39.5 Å². The first kappa shape index (κ1) is 25.2. The van der Waals surface area contributed by atoms with Crippen LogP contribution >= 0.6 is 0 Å². The van der Waals surface area contributed by atoms with Crippen molar-refractivity contribution in [3.05, 3.63) is 144 Å². The van der Waals surface area contributed by atoms with Crippen molar-refractivity contribution >= 4 is 27.9 Å². The van der Waals surface area contributed by atoms with Crippen LogP contribution in [0.15, 0.2) is 121 Å². The fraction of sp³-hybridized carbons (Fsp3) is 0.122. The molecule has 5 aromatic carbocycles. The first-order valence-electron chi connectivity index (χ1n) is 15.5. The highest BCUT2D eigenvalue weighted by molar-refractivity contribution is 6.11. The highest BCUT2D eigenvalue weighted by atomic mass is 15.2. The molecule has 0 saturated heterocycles. The molecule has 0 bridgehead atoms. The summed E-state index contributed by atoms with van der Waals surface area (Å²) >= 11 is 0. The van der Waals surface area contributed by atoms with E-state index in [0.29, 0.717) is 5.95 Å². The van der Waals surface area contributed by atoms with Gasteiger partial charge in [0.15, 0.2) is 0 Å². The van der Waals surface area contributed by atoms with Gasteiger partial charge in [-0.25, -0.2) is 9.97 Å². The van der Waals surface area contributed by atoms with Gasteiger partial charge in [-0.2, -0.15) is 0 Å². The molecule has 0 aliphatic heterocycles. The molecule has 9 rings (SSSR count). The van der Waals surface area contributed by atoms with E-state index in [9.17, 15) is 0 Å².